The molecule has 0 aliphatic heterocycles. The normalized spacial score (nSPS) is 34.2. The van der Waals surface area contributed by atoms with Gasteiger partial charge < -0.3 is 9.15 Å². The van der Waals surface area contributed by atoms with Gasteiger partial charge in [-0.05, 0) is 67.6 Å². The molecule has 1 heterocycles. The standard InChI is InChI=1S/C22H30O4/c1-15-5-8-21(4)16(2)11-19(24)12-20(21)22(15,14-26-17(3)23)9-6-18-7-10-25-13-18/h7,10-11,13,15,20H,5-6,8-9,12,14H2,1-4H3/t15-,20-,21+,22-/m1/s1. The number of aryl methyl sites for hydroxylation is 1. The lowest BCUT2D eigenvalue weighted by Crippen LogP contribution is -2.54. The van der Waals surface area contributed by atoms with Gasteiger partial charge in [-0.3, -0.25) is 9.59 Å². The van der Waals surface area contributed by atoms with Crippen LogP contribution in [0.15, 0.2) is 34.7 Å². The molecule has 4 nitrogen and oxygen atoms in total. The van der Waals surface area contributed by atoms with Crippen LogP contribution in [-0.4, -0.2) is 18.4 Å². The lowest BCUT2D eigenvalue weighted by molar-refractivity contribution is -0.157. The second-order valence-electron chi connectivity index (χ2n) is 8.55. The van der Waals surface area contributed by atoms with Crippen molar-refractivity contribution in [3.8, 4) is 0 Å². The third-order valence-electron chi connectivity index (χ3n) is 7.23. The molecule has 1 fully saturated rings. The summed E-state index contributed by atoms with van der Waals surface area (Å²) in [6, 6.07) is 1.99. The summed E-state index contributed by atoms with van der Waals surface area (Å²) in [4.78, 5) is 24.1. The Morgan fingerprint density at radius 2 is 2.19 bits per heavy atom. The number of rotatable bonds is 5. The summed E-state index contributed by atoms with van der Waals surface area (Å²) in [6.07, 6.45) is 9.78. The number of ketones is 1. The van der Waals surface area contributed by atoms with Crippen LogP contribution in [-0.2, 0) is 20.7 Å². The van der Waals surface area contributed by atoms with Gasteiger partial charge in [0.05, 0.1) is 19.1 Å². The number of fused-ring (bicyclic) bond motifs is 1. The summed E-state index contributed by atoms with van der Waals surface area (Å²) < 4.78 is 10.8. The van der Waals surface area contributed by atoms with Gasteiger partial charge >= 0.3 is 5.97 Å². The zero-order chi connectivity index (χ0) is 18.9. The van der Waals surface area contributed by atoms with Crippen molar-refractivity contribution in [1.29, 1.82) is 0 Å². The topological polar surface area (TPSA) is 56.5 Å². The molecule has 0 N–H and O–H groups in total. The molecule has 2 aliphatic carbocycles. The number of furan rings is 1. The SMILES string of the molecule is CC(=O)OC[C@]1(CCc2ccoc2)[C@H](C)CC[C@@]2(C)C(C)=CC(=O)C[C@@H]12. The first-order valence-corrected chi connectivity index (χ1v) is 9.64. The highest BCUT2D eigenvalue weighted by atomic mass is 16.5. The molecule has 1 aromatic heterocycles. The molecule has 4 heteroatoms. The summed E-state index contributed by atoms with van der Waals surface area (Å²) in [7, 11) is 0. The molecule has 3 rings (SSSR count). The maximum Gasteiger partial charge on any atom is 0.302 e. The van der Waals surface area contributed by atoms with Crippen LogP contribution in [0.1, 0.15) is 58.9 Å². The van der Waals surface area contributed by atoms with E-state index in [1.54, 1.807) is 12.5 Å². The van der Waals surface area contributed by atoms with Crippen molar-refractivity contribution in [2.75, 3.05) is 6.61 Å². The highest BCUT2D eigenvalue weighted by Gasteiger charge is 2.57. The number of allylic oxidation sites excluding steroid dienone is 2. The number of ether oxygens (including phenoxy) is 1. The number of esters is 1. The minimum Gasteiger partial charge on any atom is -0.472 e. The Labute approximate surface area is 156 Å². The molecule has 142 valence electrons. The molecule has 0 aromatic carbocycles. The van der Waals surface area contributed by atoms with Crippen LogP contribution in [0.4, 0.5) is 0 Å². The van der Waals surface area contributed by atoms with Crippen molar-refractivity contribution in [3.63, 3.8) is 0 Å². The van der Waals surface area contributed by atoms with Gasteiger partial charge in [0.2, 0.25) is 0 Å². The van der Waals surface area contributed by atoms with E-state index in [9.17, 15) is 9.59 Å². The predicted octanol–water partition coefficient (Wildman–Crippen LogP) is 4.73. The molecular formula is C22H30O4. The highest BCUT2D eigenvalue weighted by Crippen LogP contribution is 2.61. The third kappa shape index (κ3) is 3.26. The summed E-state index contributed by atoms with van der Waals surface area (Å²) in [5, 5.41) is 0. The van der Waals surface area contributed by atoms with E-state index in [0.717, 1.165) is 31.2 Å². The fraction of sp³-hybridized carbons (Fsp3) is 0.636. The molecule has 0 amide bonds. The Hall–Kier alpha value is -1.84. The van der Waals surface area contributed by atoms with Gasteiger partial charge in [-0.1, -0.05) is 19.4 Å². The van der Waals surface area contributed by atoms with Crippen molar-refractivity contribution in [2.24, 2.45) is 22.7 Å². The van der Waals surface area contributed by atoms with Crippen molar-refractivity contribution >= 4 is 11.8 Å². The summed E-state index contributed by atoms with van der Waals surface area (Å²) in [6.45, 7) is 8.50. The zero-order valence-corrected chi connectivity index (χ0v) is 16.3. The molecular weight excluding hydrogens is 328 g/mol. The molecule has 26 heavy (non-hydrogen) atoms. The Balaban J connectivity index is 1.98. The predicted molar refractivity (Wildman–Crippen MR) is 99.5 cm³/mol. The van der Waals surface area contributed by atoms with Crippen molar-refractivity contribution in [2.45, 2.75) is 59.8 Å². The molecule has 0 saturated heterocycles. The van der Waals surface area contributed by atoms with Crippen LogP contribution in [0.3, 0.4) is 0 Å². The summed E-state index contributed by atoms with van der Waals surface area (Å²) >= 11 is 0. The molecule has 1 saturated carbocycles. The van der Waals surface area contributed by atoms with E-state index in [1.165, 1.54) is 12.5 Å². The first kappa shape index (κ1) is 18.9. The minimum absolute atomic E-state index is 0.00301. The molecule has 0 unspecified atom stereocenters. The summed E-state index contributed by atoms with van der Waals surface area (Å²) in [5.74, 6) is 0.546. The largest absolute Gasteiger partial charge is 0.472 e. The van der Waals surface area contributed by atoms with Gasteiger partial charge in [-0.2, -0.15) is 0 Å². The maximum atomic E-state index is 12.4. The fourth-order valence-electron chi connectivity index (χ4n) is 5.31. The monoisotopic (exact) mass is 358 g/mol. The Morgan fingerprint density at radius 1 is 1.42 bits per heavy atom. The minimum atomic E-state index is -0.249. The van der Waals surface area contributed by atoms with Crippen LogP contribution in [0.25, 0.3) is 0 Å². The molecule has 0 radical (unpaired) electrons. The molecule has 1 aromatic rings. The van der Waals surface area contributed by atoms with E-state index >= 15 is 0 Å². The van der Waals surface area contributed by atoms with Gasteiger partial charge in [0, 0.05) is 18.8 Å². The number of hydrogen-bond acceptors (Lipinski definition) is 4. The van der Waals surface area contributed by atoms with Crippen molar-refractivity contribution < 1.29 is 18.7 Å². The average molecular weight is 358 g/mol. The van der Waals surface area contributed by atoms with E-state index in [0.29, 0.717) is 18.9 Å². The first-order valence-electron chi connectivity index (χ1n) is 9.64. The molecule has 0 spiro atoms. The van der Waals surface area contributed by atoms with Crippen LogP contribution in [0.2, 0.25) is 0 Å². The number of carbonyl (C=O) groups excluding carboxylic acids is 2. The van der Waals surface area contributed by atoms with Gasteiger partial charge in [0.25, 0.3) is 0 Å². The lowest BCUT2D eigenvalue weighted by atomic mass is 9.46. The Kier molecular flexibility index (Phi) is 5.14. The van der Waals surface area contributed by atoms with Crippen LogP contribution in [0.5, 0.6) is 0 Å². The van der Waals surface area contributed by atoms with Gasteiger partial charge in [-0.25, -0.2) is 0 Å². The molecule has 2 aliphatic rings. The van der Waals surface area contributed by atoms with E-state index < -0.39 is 0 Å². The zero-order valence-electron chi connectivity index (χ0n) is 16.3. The number of hydrogen-bond donors (Lipinski definition) is 0. The highest BCUT2D eigenvalue weighted by molar-refractivity contribution is 5.92. The van der Waals surface area contributed by atoms with Crippen LogP contribution in [0, 0.1) is 22.7 Å². The van der Waals surface area contributed by atoms with E-state index in [4.69, 9.17) is 9.15 Å². The molecule has 0 bridgehead atoms. The fourth-order valence-corrected chi connectivity index (χ4v) is 5.31. The van der Waals surface area contributed by atoms with E-state index in [2.05, 4.69) is 20.8 Å². The van der Waals surface area contributed by atoms with Gasteiger partial charge in [0.15, 0.2) is 5.78 Å². The van der Waals surface area contributed by atoms with Crippen LogP contribution < -0.4 is 0 Å². The number of carbonyl (C=O) groups is 2. The Bertz CT molecular complexity index is 702. The van der Waals surface area contributed by atoms with Gasteiger partial charge in [-0.15, -0.1) is 0 Å². The van der Waals surface area contributed by atoms with E-state index in [-0.39, 0.29) is 28.5 Å². The third-order valence-corrected chi connectivity index (χ3v) is 7.23. The second-order valence-corrected chi connectivity index (χ2v) is 8.55. The van der Waals surface area contributed by atoms with Crippen molar-refractivity contribution in [1.82, 2.24) is 0 Å². The quantitative estimate of drug-likeness (QED) is 0.714. The van der Waals surface area contributed by atoms with Crippen molar-refractivity contribution in [3.05, 3.63) is 35.8 Å². The average Bonchev–Trinajstić information content (AvgIpc) is 3.09. The van der Waals surface area contributed by atoms with Gasteiger partial charge in [0.1, 0.15) is 0 Å². The second kappa shape index (κ2) is 7.05. The lowest BCUT2D eigenvalue weighted by Gasteiger charge is -2.58. The molecule has 4 atom stereocenters. The smallest absolute Gasteiger partial charge is 0.302 e. The van der Waals surface area contributed by atoms with Crippen LogP contribution >= 0.6 is 0 Å². The van der Waals surface area contributed by atoms with E-state index in [1.807, 2.05) is 12.1 Å². The first-order chi connectivity index (χ1) is 12.3. The summed E-state index contributed by atoms with van der Waals surface area (Å²) in [5.41, 5.74) is 2.14. The Morgan fingerprint density at radius 3 is 2.85 bits per heavy atom. The maximum absolute atomic E-state index is 12.4.